The molecule has 2 aliphatic carbocycles. The van der Waals surface area contributed by atoms with E-state index in [-0.39, 0.29) is 0 Å². The summed E-state index contributed by atoms with van der Waals surface area (Å²) in [5.41, 5.74) is 3.12. The van der Waals surface area contributed by atoms with E-state index < -0.39 is 21.3 Å². The normalized spacial score (nSPS) is 19.0. The summed E-state index contributed by atoms with van der Waals surface area (Å²) < 4.78 is 5.30. The molecule has 16 heavy (non-hydrogen) atoms. The molecule has 0 radical (unpaired) electrons. The first-order valence-electron chi connectivity index (χ1n) is 6.02. The molecule has 2 aliphatic rings. The van der Waals surface area contributed by atoms with Crippen LogP contribution in [0.2, 0.25) is 0 Å². The molecule has 0 aromatic heterocycles. The van der Waals surface area contributed by atoms with Crippen LogP contribution in [0.25, 0.3) is 0 Å². The van der Waals surface area contributed by atoms with Crippen LogP contribution in [0.3, 0.4) is 0 Å². The molecule has 0 nitrogen and oxygen atoms in total. The Hall–Kier alpha value is -0.287. The van der Waals surface area contributed by atoms with Gasteiger partial charge in [0, 0.05) is 0 Å². The van der Waals surface area contributed by atoms with Gasteiger partial charge in [-0.05, 0) is 0 Å². The first-order valence-corrected chi connectivity index (χ1v) is 9.70. The Morgan fingerprint density at radius 2 is 1.94 bits per heavy atom. The Bertz CT molecular complexity index is 464. The number of hydrogen-bond acceptors (Lipinski definition) is 0. The zero-order valence-corrected chi connectivity index (χ0v) is 13.2. The summed E-state index contributed by atoms with van der Waals surface area (Å²) in [5, 5.41) is 0. The number of hydrogen-bond donors (Lipinski definition) is 0. The molecule has 0 amide bonds. The van der Waals surface area contributed by atoms with Gasteiger partial charge in [0.05, 0.1) is 0 Å². The van der Waals surface area contributed by atoms with Crippen LogP contribution in [0.4, 0.5) is 0 Å². The molecule has 0 N–H and O–H groups in total. The molecule has 0 bridgehead atoms. The van der Waals surface area contributed by atoms with Crippen LogP contribution < -0.4 is 0 Å². The van der Waals surface area contributed by atoms with Crippen molar-refractivity contribution in [3.63, 3.8) is 0 Å². The van der Waals surface area contributed by atoms with Crippen molar-refractivity contribution in [3.05, 3.63) is 42.0 Å². The molecule has 1 heteroatoms. The monoisotopic (exact) mass is 290 g/mol. The van der Waals surface area contributed by atoms with Gasteiger partial charge in [-0.25, -0.2) is 0 Å². The zero-order valence-electron chi connectivity index (χ0n) is 10.7. The molecule has 0 aromatic rings. The van der Waals surface area contributed by atoms with E-state index in [0.29, 0.717) is 0 Å². The first kappa shape index (κ1) is 12.2. The average Bonchev–Trinajstić information content (AvgIpc) is 2.83. The molecular weight excluding hydrogens is 271 g/mol. The molecule has 0 unspecified atom stereocenters. The maximum atomic E-state index is 2.41. The first-order chi connectivity index (χ1) is 7.61. The van der Waals surface area contributed by atoms with Crippen LogP contribution in [0, 0.1) is 0 Å². The van der Waals surface area contributed by atoms with E-state index in [2.05, 4.69) is 52.0 Å². The third kappa shape index (κ3) is 2.20. The van der Waals surface area contributed by atoms with Crippen LogP contribution in [-0.2, 0) is 21.3 Å². The second-order valence-electron chi connectivity index (χ2n) is 4.89. The van der Waals surface area contributed by atoms with Gasteiger partial charge in [-0.2, -0.15) is 0 Å². The average molecular weight is 292 g/mol. The van der Waals surface area contributed by atoms with E-state index in [9.17, 15) is 0 Å². The van der Waals surface area contributed by atoms with Crippen LogP contribution in [-0.4, -0.2) is 3.21 Å². The molecule has 0 aromatic carbocycles. The molecule has 0 fully saturated rings. The molecule has 0 saturated heterocycles. The van der Waals surface area contributed by atoms with Gasteiger partial charge >= 0.3 is 107 Å². The van der Waals surface area contributed by atoms with Crippen LogP contribution in [0.5, 0.6) is 0 Å². The third-order valence-electron chi connectivity index (χ3n) is 3.55. The minimum absolute atomic E-state index is 1.22. The van der Waals surface area contributed by atoms with Gasteiger partial charge in [-0.1, -0.05) is 0 Å². The molecular formula is C15H20Zr. The Morgan fingerprint density at radius 3 is 2.38 bits per heavy atom. The Morgan fingerprint density at radius 1 is 1.19 bits per heavy atom. The second-order valence-corrected chi connectivity index (χ2v) is 12.3. The van der Waals surface area contributed by atoms with Crippen molar-refractivity contribution in [2.75, 3.05) is 0 Å². The van der Waals surface area contributed by atoms with Gasteiger partial charge in [-0.15, -0.1) is 0 Å². The van der Waals surface area contributed by atoms with Gasteiger partial charge in [0.25, 0.3) is 0 Å². The van der Waals surface area contributed by atoms with Gasteiger partial charge < -0.3 is 0 Å². The topological polar surface area (TPSA) is 0 Å². The Balaban J connectivity index is 2.42. The van der Waals surface area contributed by atoms with Gasteiger partial charge in [0.15, 0.2) is 0 Å². The van der Waals surface area contributed by atoms with Crippen molar-refractivity contribution in [1.82, 2.24) is 0 Å². The van der Waals surface area contributed by atoms with Crippen LogP contribution in [0.1, 0.15) is 40.5 Å². The summed E-state index contributed by atoms with van der Waals surface area (Å²) in [4.78, 5) is 0. The molecule has 0 spiro atoms. The molecule has 0 atom stereocenters. The van der Waals surface area contributed by atoms with E-state index in [4.69, 9.17) is 0 Å². The minimum atomic E-state index is -1.61. The SMILES string of the molecule is CC1=CC[C]([Zr]([C]2=CC=CC2)=[C](C)C)=C1C. The van der Waals surface area contributed by atoms with Crippen molar-refractivity contribution in [3.8, 4) is 0 Å². The molecule has 2 rings (SSSR count). The molecule has 0 saturated carbocycles. The van der Waals surface area contributed by atoms with E-state index in [1.165, 1.54) is 18.4 Å². The van der Waals surface area contributed by atoms with Crippen molar-refractivity contribution in [2.24, 2.45) is 0 Å². The fourth-order valence-electron chi connectivity index (χ4n) is 2.54. The van der Waals surface area contributed by atoms with Crippen molar-refractivity contribution in [2.45, 2.75) is 40.5 Å². The van der Waals surface area contributed by atoms with Gasteiger partial charge in [0.1, 0.15) is 0 Å². The molecule has 0 aliphatic heterocycles. The molecule has 0 heterocycles. The summed E-state index contributed by atoms with van der Waals surface area (Å²) in [6, 6.07) is 0. The van der Waals surface area contributed by atoms with Crippen LogP contribution >= 0.6 is 0 Å². The standard InChI is InChI=1S/C7H9.C5H5.C3H6.Zr/c1-6-4-3-5-7(6)2;1-2-4-5-3-1;1-3-2;/h4H,3H2,1-2H3;1-3H,4H2;1-2H3;. The summed E-state index contributed by atoms with van der Waals surface area (Å²) in [5.74, 6) is 0. The number of allylic oxidation sites excluding steroid dienone is 8. The Labute approximate surface area is 107 Å². The predicted molar refractivity (Wildman–Crippen MR) is 69.3 cm³/mol. The van der Waals surface area contributed by atoms with E-state index in [1.54, 1.807) is 12.1 Å². The van der Waals surface area contributed by atoms with Crippen molar-refractivity contribution >= 4 is 3.21 Å². The quantitative estimate of drug-likeness (QED) is 0.712. The van der Waals surface area contributed by atoms with E-state index in [1.807, 2.05) is 3.28 Å². The third-order valence-corrected chi connectivity index (χ3v) is 11.4. The second kappa shape index (κ2) is 4.92. The van der Waals surface area contributed by atoms with Crippen molar-refractivity contribution in [1.29, 1.82) is 0 Å². The Kier molecular flexibility index (Phi) is 3.74. The van der Waals surface area contributed by atoms with Crippen molar-refractivity contribution < 1.29 is 21.3 Å². The fraction of sp³-hybridized carbons (Fsp3) is 0.400. The van der Waals surface area contributed by atoms with E-state index >= 15 is 0 Å². The predicted octanol–water partition coefficient (Wildman–Crippen LogP) is 4.28. The summed E-state index contributed by atoms with van der Waals surface area (Å²) in [6.45, 7) is 9.28. The zero-order chi connectivity index (χ0) is 11.7. The van der Waals surface area contributed by atoms with Crippen LogP contribution in [0.15, 0.2) is 42.0 Å². The number of rotatable bonds is 2. The van der Waals surface area contributed by atoms with E-state index in [0.717, 1.165) is 0 Å². The molecule has 84 valence electrons. The maximum absolute atomic E-state index is 2.41. The van der Waals surface area contributed by atoms with Gasteiger partial charge in [-0.3, -0.25) is 0 Å². The fourth-order valence-corrected chi connectivity index (χ4v) is 10.1. The summed E-state index contributed by atoms with van der Waals surface area (Å²) in [7, 11) is 0. The summed E-state index contributed by atoms with van der Waals surface area (Å²) in [6.07, 6.45) is 11.8. The van der Waals surface area contributed by atoms with Gasteiger partial charge in [0.2, 0.25) is 0 Å². The summed E-state index contributed by atoms with van der Waals surface area (Å²) >= 11 is -1.61.